The normalized spacial score (nSPS) is 14.0. The molecule has 0 aromatic heterocycles. The van der Waals surface area contributed by atoms with Crippen molar-refractivity contribution in [3.8, 4) is 0 Å². The van der Waals surface area contributed by atoms with Crippen molar-refractivity contribution in [3.05, 3.63) is 70.2 Å². The molecule has 0 heterocycles. The third kappa shape index (κ3) is 3.62. The highest BCUT2D eigenvalue weighted by Gasteiger charge is 2.15. The van der Waals surface area contributed by atoms with E-state index in [0.717, 1.165) is 17.0 Å². The molecule has 2 aromatic rings. The van der Waals surface area contributed by atoms with Gasteiger partial charge in [0.25, 0.3) is 0 Å². The highest BCUT2D eigenvalue weighted by atomic mass is 35.5. The number of nitrogens with one attached hydrogen (secondary N) is 1. The van der Waals surface area contributed by atoms with E-state index in [9.17, 15) is 0 Å². The molecule has 1 nitrogen and oxygen atoms in total. The summed E-state index contributed by atoms with van der Waals surface area (Å²) in [7, 11) is 0. The molecule has 0 fully saturated rings. The summed E-state index contributed by atoms with van der Waals surface area (Å²) in [5.41, 5.74) is 3.78. The molecule has 0 bridgehead atoms. The average molecular weight is 288 g/mol. The van der Waals surface area contributed by atoms with E-state index in [1.54, 1.807) is 0 Å². The van der Waals surface area contributed by atoms with Crippen molar-refractivity contribution in [2.24, 2.45) is 0 Å². The van der Waals surface area contributed by atoms with Crippen molar-refractivity contribution < 1.29 is 0 Å². The molecule has 0 radical (unpaired) electrons. The maximum absolute atomic E-state index is 6.27. The van der Waals surface area contributed by atoms with E-state index in [4.69, 9.17) is 11.6 Å². The summed E-state index contributed by atoms with van der Waals surface area (Å²) in [6, 6.07) is 17.4. The van der Waals surface area contributed by atoms with Crippen LogP contribution in [-0.2, 0) is 0 Å². The second kappa shape index (κ2) is 6.92. The second-order valence-corrected chi connectivity index (χ2v) is 5.69. The van der Waals surface area contributed by atoms with Gasteiger partial charge in [0.2, 0.25) is 0 Å². The Balaban J connectivity index is 2.14. The first-order chi connectivity index (χ1) is 9.61. The molecule has 2 heteroatoms. The lowest BCUT2D eigenvalue weighted by molar-refractivity contribution is 0.456. The van der Waals surface area contributed by atoms with Gasteiger partial charge in [0.15, 0.2) is 0 Å². The molecule has 106 valence electrons. The van der Waals surface area contributed by atoms with Crippen molar-refractivity contribution >= 4 is 11.6 Å². The molecule has 2 aromatic carbocycles. The molecule has 2 atom stereocenters. The van der Waals surface area contributed by atoms with Crippen molar-refractivity contribution in [2.45, 2.75) is 39.3 Å². The molecule has 1 N–H and O–H groups in total. The van der Waals surface area contributed by atoms with Crippen LogP contribution in [0.2, 0.25) is 5.02 Å². The standard InChI is InChI=1S/C18H22ClN/c1-4-18(15-11-9-13(2)10-12-15)20-14(3)16-7-5-6-8-17(16)19/h5-12,14,18,20H,4H2,1-3H3/t14-,18?/m1/s1. The van der Waals surface area contributed by atoms with Crippen LogP contribution in [0.1, 0.15) is 49.0 Å². The summed E-state index contributed by atoms with van der Waals surface area (Å²) < 4.78 is 0. The monoisotopic (exact) mass is 287 g/mol. The third-order valence-electron chi connectivity index (χ3n) is 3.71. The first kappa shape index (κ1) is 15.1. The summed E-state index contributed by atoms with van der Waals surface area (Å²) in [5.74, 6) is 0. The van der Waals surface area contributed by atoms with Crippen LogP contribution in [-0.4, -0.2) is 0 Å². The lowest BCUT2D eigenvalue weighted by Crippen LogP contribution is -2.24. The zero-order valence-electron chi connectivity index (χ0n) is 12.4. The fourth-order valence-corrected chi connectivity index (χ4v) is 2.77. The number of hydrogen-bond acceptors (Lipinski definition) is 1. The first-order valence-electron chi connectivity index (χ1n) is 7.19. The molecule has 0 aliphatic carbocycles. The Morgan fingerprint density at radius 3 is 2.30 bits per heavy atom. The van der Waals surface area contributed by atoms with E-state index in [0.29, 0.717) is 6.04 Å². The number of rotatable bonds is 5. The largest absolute Gasteiger partial charge is 0.303 e. The Bertz CT molecular complexity index is 548. The Morgan fingerprint density at radius 1 is 1.05 bits per heavy atom. The predicted octanol–water partition coefficient (Wildman–Crippen LogP) is 5.45. The molecule has 20 heavy (non-hydrogen) atoms. The Hall–Kier alpha value is -1.31. The van der Waals surface area contributed by atoms with E-state index >= 15 is 0 Å². The first-order valence-corrected chi connectivity index (χ1v) is 7.56. The van der Waals surface area contributed by atoms with Gasteiger partial charge in [-0.05, 0) is 37.5 Å². The number of aryl methyl sites for hydroxylation is 1. The molecule has 0 amide bonds. The van der Waals surface area contributed by atoms with Crippen LogP contribution < -0.4 is 5.32 Å². The minimum absolute atomic E-state index is 0.231. The van der Waals surface area contributed by atoms with E-state index in [-0.39, 0.29) is 6.04 Å². The van der Waals surface area contributed by atoms with Gasteiger partial charge in [-0.25, -0.2) is 0 Å². The quantitative estimate of drug-likeness (QED) is 0.771. The summed E-state index contributed by atoms with van der Waals surface area (Å²) in [6.45, 7) is 6.49. The van der Waals surface area contributed by atoms with Crippen molar-refractivity contribution in [1.82, 2.24) is 5.32 Å². The van der Waals surface area contributed by atoms with Gasteiger partial charge in [-0.2, -0.15) is 0 Å². The van der Waals surface area contributed by atoms with Crippen LogP contribution >= 0.6 is 11.6 Å². The highest BCUT2D eigenvalue weighted by molar-refractivity contribution is 6.31. The molecule has 0 saturated heterocycles. The predicted molar refractivity (Wildman–Crippen MR) is 87.2 cm³/mol. The summed E-state index contributed by atoms with van der Waals surface area (Å²) in [4.78, 5) is 0. The minimum Gasteiger partial charge on any atom is -0.303 e. The fourth-order valence-electron chi connectivity index (χ4n) is 2.47. The van der Waals surface area contributed by atoms with Crippen LogP contribution in [0.3, 0.4) is 0 Å². The third-order valence-corrected chi connectivity index (χ3v) is 4.06. The maximum Gasteiger partial charge on any atom is 0.0453 e. The van der Waals surface area contributed by atoms with E-state index in [2.05, 4.69) is 56.4 Å². The fraction of sp³-hybridized carbons (Fsp3) is 0.333. The maximum atomic E-state index is 6.27. The SMILES string of the molecule is CCC(N[C@H](C)c1ccccc1Cl)c1ccc(C)cc1. The molecule has 0 saturated carbocycles. The van der Waals surface area contributed by atoms with Crippen molar-refractivity contribution in [3.63, 3.8) is 0 Å². The molecular formula is C18H22ClN. The van der Waals surface area contributed by atoms with Gasteiger partial charge < -0.3 is 5.32 Å². The lowest BCUT2D eigenvalue weighted by Gasteiger charge is -2.24. The minimum atomic E-state index is 0.231. The molecule has 0 spiro atoms. The van der Waals surface area contributed by atoms with Gasteiger partial charge in [0, 0.05) is 17.1 Å². The van der Waals surface area contributed by atoms with E-state index < -0.39 is 0 Å². The van der Waals surface area contributed by atoms with Gasteiger partial charge in [0.1, 0.15) is 0 Å². The molecular weight excluding hydrogens is 266 g/mol. The Labute approximate surface area is 127 Å². The number of benzene rings is 2. The molecule has 2 rings (SSSR count). The zero-order chi connectivity index (χ0) is 14.5. The Morgan fingerprint density at radius 2 is 1.70 bits per heavy atom. The van der Waals surface area contributed by atoms with Crippen molar-refractivity contribution in [2.75, 3.05) is 0 Å². The van der Waals surface area contributed by atoms with E-state index in [1.165, 1.54) is 11.1 Å². The van der Waals surface area contributed by atoms with Crippen LogP contribution in [0.25, 0.3) is 0 Å². The van der Waals surface area contributed by atoms with Crippen LogP contribution in [0, 0.1) is 6.92 Å². The molecule has 1 unspecified atom stereocenters. The van der Waals surface area contributed by atoms with Gasteiger partial charge in [-0.3, -0.25) is 0 Å². The van der Waals surface area contributed by atoms with Gasteiger partial charge in [-0.1, -0.05) is 66.6 Å². The Kier molecular flexibility index (Phi) is 5.22. The highest BCUT2D eigenvalue weighted by Crippen LogP contribution is 2.26. The van der Waals surface area contributed by atoms with E-state index in [1.807, 2.05) is 18.2 Å². The van der Waals surface area contributed by atoms with Gasteiger partial charge >= 0.3 is 0 Å². The van der Waals surface area contributed by atoms with Crippen LogP contribution in [0.5, 0.6) is 0 Å². The average Bonchev–Trinajstić information content (AvgIpc) is 2.46. The summed E-state index contributed by atoms with van der Waals surface area (Å²) in [6.07, 6.45) is 1.05. The van der Waals surface area contributed by atoms with Crippen LogP contribution in [0.15, 0.2) is 48.5 Å². The smallest absolute Gasteiger partial charge is 0.0453 e. The number of halogens is 1. The van der Waals surface area contributed by atoms with Crippen molar-refractivity contribution in [1.29, 1.82) is 0 Å². The zero-order valence-corrected chi connectivity index (χ0v) is 13.1. The lowest BCUT2D eigenvalue weighted by atomic mass is 10.0. The number of hydrogen-bond donors (Lipinski definition) is 1. The summed E-state index contributed by atoms with van der Waals surface area (Å²) in [5, 5.41) is 4.50. The second-order valence-electron chi connectivity index (χ2n) is 5.28. The van der Waals surface area contributed by atoms with Gasteiger partial charge in [-0.15, -0.1) is 0 Å². The molecule has 0 aliphatic rings. The topological polar surface area (TPSA) is 12.0 Å². The van der Waals surface area contributed by atoms with Gasteiger partial charge in [0.05, 0.1) is 0 Å². The summed E-state index contributed by atoms with van der Waals surface area (Å²) >= 11 is 6.27. The van der Waals surface area contributed by atoms with Crippen LogP contribution in [0.4, 0.5) is 0 Å². The molecule has 0 aliphatic heterocycles.